The molecule has 0 bridgehead atoms. The van der Waals surface area contributed by atoms with Gasteiger partial charge in [-0.3, -0.25) is 4.79 Å². The number of aromatic hydroxyl groups is 1. The first-order chi connectivity index (χ1) is 9.52. The molecule has 2 rings (SSSR count). The second kappa shape index (κ2) is 5.69. The predicted molar refractivity (Wildman–Crippen MR) is 76.9 cm³/mol. The number of amides is 1. The molecule has 1 amide bonds. The molecule has 0 saturated heterocycles. The lowest BCUT2D eigenvalue weighted by atomic mass is 10.1. The summed E-state index contributed by atoms with van der Waals surface area (Å²) in [6.07, 6.45) is 0.634. The molecular formula is C15H17N3O2. The van der Waals surface area contributed by atoms with Crippen molar-refractivity contribution >= 4 is 11.6 Å². The van der Waals surface area contributed by atoms with Gasteiger partial charge in [0.2, 0.25) is 0 Å². The number of carbonyl (C=O) groups excluding carboxylic acids is 1. The van der Waals surface area contributed by atoms with Crippen molar-refractivity contribution in [1.29, 1.82) is 0 Å². The van der Waals surface area contributed by atoms with Crippen LogP contribution in [0.4, 0.5) is 5.69 Å². The van der Waals surface area contributed by atoms with Gasteiger partial charge in [-0.15, -0.1) is 0 Å². The van der Waals surface area contributed by atoms with Gasteiger partial charge in [0.25, 0.3) is 5.91 Å². The summed E-state index contributed by atoms with van der Waals surface area (Å²) in [5, 5.41) is 20.5. The summed E-state index contributed by atoms with van der Waals surface area (Å²) in [6, 6.07) is 6.74. The summed E-state index contributed by atoms with van der Waals surface area (Å²) >= 11 is 0. The van der Waals surface area contributed by atoms with Gasteiger partial charge in [0, 0.05) is 11.3 Å². The molecule has 0 radical (unpaired) electrons. The number of phenolic OH excluding ortho intramolecular Hbond substituents is 1. The van der Waals surface area contributed by atoms with Gasteiger partial charge in [-0.25, -0.2) is 0 Å². The van der Waals surface area contributed by atoms with E-state index in [2.05, 4.69) is 15.5 Å². The molecule has 104 valence electrons. The van der Waals surface area contributed by atoms with E-state index < -0.39 is 0 Å². The van der Waals surface area contributed by atoms with Crippen LogP contribution in [0.5, 0.6) is 5.75 Å². The number of hydrogen-bond acceptors (Lipinski definition) is 4. The minimum atomic E-state index is -0.242. The molecule has 2 N–H and O–H groups in total. The summed E-state index contributed by atoms with van der Waals surface area (Å²) in [5.41, 5.74) is 3.10. The van der Waals surface area contributed by atoms with Crippen molar-refractivity contribution in [3.8, 4) is 5.75 Å². The minimum absolute atomic E-state index is 0.155. The lowest BCUT2D eigenvalue weighted by Crippen LogP contribution is -2.16. The maximum Gasteiger partial charge on any atom is 0.257 e. The smallest absolute Gasteiger partial charge is 0.257 e. The summed E-state index contributed by atoms with van der Waals surface area (Å²) in [7, 11) is 0. The quantitative estimate of drug-likeness (QED) is 0.899. The molecule has 1 aromatic heterocycles. The number of nitrogens with zero attached hydrogens (tertiary/aromatic N) is 2. The predicted octanol–water partition coefficient (Wildman–Crippen LogP) is 2.61. The highest BCUT2D eigenvalue weighted by Gasteiger charge is 2.14. The normalized spacial score (nSPS) is 10.3. The molecule has 0 atom stereocenters. The largest absolute Gasteiger partial charge is 0.508 e. The maximum atomic E-state index is 12.3. The van der Waals surface area contributed by atoms with Crippen LogP contribution < -0.4 is 5.32 Å². The Hall–Kier alpha value is -2.43. The number of hydrogen-bond donors (Lipinski definition) is 2. The van der Waals surface area contributed by atoms with Gasteiger partial charge in [0.15, 0.2) is 0 Å². The first-order valence-corrected chi connectivity index (χ1v) is 6.46. The first-order valence-electron chi connectivity index (χ1n) is 6.46. The van der Waals surface area contributed by atoms with E-state index >= 15 is 0 Å². The lowest BCUT2D eigenvalue weighted by molar-refractivity contribution is 0.102. The highest BCUT2D eigenvalue weighted by molar-refractivity contribution is 6.05. The third kappa shape index (κ3) is 2.77. The van der Waals surface area contributed by atoms with Crippen molar-refractivity contribution in [2.24, 2.45) is 0 Å². The number of benzene rings is 1. The molecule has 0 aliphatic heterocycles. The van der Waals surface area contributed by atoms with Crippen LogP contribution in [-0.4, -0.2) is 21.2 Å². The summed E-state index contributed by atoms with van der Waals surface area (Å²) in [4.78, 5) is 12.3. The molecule has 0 aliphatic carbocycles. The zero-order chi connectivity index (χ0) is 14.7. The molecule has 0 saturated carbocycles. The van der Waals surface area contributed by atoms with Crippen molar-refractivity contribution in [3.05, 3.63) is 46.8 Å². The Morgan fingerprint density at radius 2 is 2.05 bits per heavy atom. The Kier molecular flexibility index (Phi) is 3.98. The van der Waals surface area contributed by atoms with Crippen LogP contribution in [0.1, 0.15) is 34.2 Å². The van der Waals surface area contributed by atoms with Crippen LogP contribution in [0.3, 0.4) is 0 Å². The van der Waals surface area contributed by atoms with Crippen molar-refractivity contribution in [2.45, 2.75) is 27.2 Å². The van der Waals surface area contributed by atoms with Crippen LogP contribution >= 0.6 is 0 Å². The zero-order valence-corrected chi connectivity index (χ0v) is 11.8. The Bertz CT molecular complexity index is 654. The fourth-order valence-electron chi connectivity index (χ4n) is 1.92. The molecule has 0 aliphatic rings. The number of aryl methyl sites for hydroxylation is 2. The molecule has 0 spiro atoms. The van der Waals surface area contributed by atoms with E-state index in [0.29, 0.717) is 34.6 Å². The molecule has 0 unspecified atom stereocenters. The third-order valence-electron chi connectivity index (χ3n) is 3.13. The highest BCUT2D eigenvalue weighted by atomic mass is 16.3. The molecule has 20 heavy (non-hydrogen) atoms. The van der Waals surface area contributed by atoms with E-state index in [1.807, 2.05) is 6.92 Å². The maximum absolute atomic E-state index is 12.3. The number of rotatable bonds is 3. The molecule has 0 fully saturated rings. The molecule has 5 heteroatoms. The zero-order valence-electron chi connectivity index (χ0n) is 11.8. The van der Waals surface area contributed by atoms with E-state index in [4.69, 9.17) is 0 Å². The average Bonchev–Trinajstić information content (AvgIpc) is 2.43. The number of phenols is 1. The van der Waals surface area contributed by atoms with Crippen LogP contribution in [0, 0.1) is 13.8 Å². The van der Waals surface area contributed by atoms with Crippen LogP contribution in [0.2, 0.25) is 0 Å². The van der Waals surface area contributed by atoms with E-state index in [0.717, 1.165) is 0 Å². The molecule has 5 nitrogen and oxygen atoms in total. The van der Waals surface area contributed by atoms with Gasteiger partial charge in [0.1, 0.15) is 5.75 Å². The fraction of sp³-hybridized carbons (Fsp3) is 0.267. The topological polar surface area (TPSA) is 75.1 Å². The SMILES string of the molecule is CCc1nnc(C)cc1C(=O)Nc1cccc(O)c1C. The third-order valence-corrected chi connectivity index (χ3v) is 3.13. The standard InChI is InChI=1S/C15H17N3O2/c1-4-12-11(8-9(2)17-18-12)15(20)16-13-6-5-7-14(19)10(13)3/h5-8,19H,4H2,1-3H3,(H,16,20). The van der Waals surface area contributed by atoms with Gasteiger partial charge >= 0.3 is 0 Å². The van der Waals surface area contributed by atoms with E-state index in [-0.39, 0.29) is 11.7 Å². The Morgan fingerprint density at radius 1 is 1.30 bits per heavy atom. The van der Waals surface area contributed by atoms with Crippen molar-refractivity contribution in [2.75, 3.05) is 5.32 Å². The Balaban J connectivity index is 2.33. The molecule has 1 aromatic carbocycles. The Morgan fingerprint density at radius 3 is 2.75 bits per heavy atom. The highest BCUT2D eigenvalue weighted by Crippen LogP contribution is 2.24. The monoisotopic (exact) mass is 271 g/mol. The minimum Gasteiger partial charge on any atom is -0.508 e. The van der Waals surface area contributed by atoms with Crippen molar-refractivity contribution in [3.63, 3.8) is 0 Å². The molecule has 2 aromatic rings. The van der Waals surface area contributed by atoms with E-state index in [1.165, 1.54) is 0 Å². The van der Waals surface area contributed by atoms with Crippen LogP contribution in [-0.2, 0) is 6.42 Å². The summed E-state index contributed by atoms with van der Waals surface area (Å²) in [5.74, 6) is -0.0869. The number of nitrogens with one attached hydrogen (secondary N) is 1. The molecular weight excluding hydrogens is 254 g/mol. The van der Waals surface area contributed by atoms with Gasteiger partial charge in [-0.1, -0.05) is 13.0 Å². The van der Waals surface area contributed by atoms with Crippen molar-refractivity contribution in [1.82, 2.24) is 10.2 Å². The molecule has 1 heterocycles. The van der Waals surface area contributed by atoms with Gasteiger partial charge in [-0.05, 0) is 38.5 Å². The van der Waals surface area contributed by atoms with E-state index in [1.54, 1.807) is 38.1 Å². The van der Waals surface area contributed by atoms with Gasteiger partial charge in [0.05, 0.1) is 17.0 Å². The van der Waals surface area contributed by atoms with Crippen molar-refractivity contribution < 1.29 is 9.90 Å². The average molecular weight is 271 g/mol. The first kappa shape index (κ1) is 14.0. The number of carbonyl (C=O) groups is 1. The van der Waals surface area contributed by atoms with Crippen LogP contribution in [0.15, 0.2) is 24.3 Å². The van der Waals surface area contributed by atoms with Crippen LogP contribution in [0.25, 0.3) is 0 Å². The summed E-state index contributed by atoms with van der Waals surface area (Å²) < 4.78 is 0. The fourth-order valence-corrected chi connectivity index (χ4v) is 1.92. The lowest BCUT2D eigenvalue weighted by Gasteiger charge is -2.11. The summed E-state index contributed by atoms with van der Waals surface area (Å²) in [6.45, 7) is 5.47. The van der Waals surface area contributed by atoms with E-state index in [9.17, 15) is 9.90 Å². The number of aromatic nitrogens is 2. The second-order valence-electron chi connectivity index (χ2n) is 4.60. The number of anilines is 1. The second-order valence-corrected chi connectivity index (χ2v) is 4.60. The Labute approximate surface area is 117 Å². The van der Waals surface area contributed by atoms with Gasteiger partial charge in [-0.2, -0.15) is 10.2 Å². The van der Waals surface area contributed by atoms with Gasteiger partial charge < -0.3 is 10.4 Å².